The number of hydrogen-bond donors (Lipinski definition) is 3. The van der Waals surface area contributed by atoms with Crippen molar-refractivity contribution in [3.63, 3.8) is 0 Å². The topological polar surface area (TPSA) is 113 Å². The molecule has 0 unspecified atom stereocenters. The monoisotopic (exact) mass is 363 g/mol. The van der Waals surface area contributed by atoms with E-state index in [-0.39, 0.29) is 24.2 Å². The van der Waals surface area contributed by atoms with Gasteiger partial charge in [0.25, 0.3) is 0 Å². The van der Waals surface area contributed by atoms with Crippen LogP contribution < -0.4 is 11.1 Å². The number of para-hydroxylation sites is 1. The number of nitrogens with zero attached hydrogens (tertiary/aromatic N) is 1. The minimum absolute atomic E-state index is 0.0234. The average molecular weight is 363 g/mol. The van der Waals surface area contributed by atoms with Crippen molar-refractivity contribution in [2.75, 3.05) is 24.2 Å². The molecule has 7 nitrogen and oxygen atoms in total. The van der Waals surface area contributed by atoms with Gasteiger partial charge in [0.15, 0.2) is 0 Å². The Labute approximate surface area is 149 Å². The van der Waals surface area contributed by atoms with Crippen LogP contribution in [0.15, 0.2) is 29.2 Å². The molecule has 2 atom stereocenters. The number of likely N-dealkylation sites (tertiary alicyclic amines) is 1. The first-order valence-electron chi connectivity index (χ1n) is 8.22. The number of rotatable bonds is 5. The molecule has 0 bridgehead atoms. The number of anilines is 1. The Morgan fingerprint density at radius 1 is 1.36 bits per heavy atom. The third kappa shape index (κ3) is 3.44. The van der Waals surface area contributed by atoms with E-state index in [1.54, 1.807) is 23.1 Å². The number of thioether (sulfide) groups is 1. The molecule has 1 saturated heterocycles. The SMILES string of the molecule is NC(=O)CSc1ccccc1NC(=O)N1C[C@@H]2CCC[C@@]2(C(=O)O)C1. The molecule has 1 aromatic rings. The molecule has 3 rings (SSSR count). The lowest BCUT2D eigenvalue weighted by atomic mass is 9.81. The molecule has 1 aromatic carbocycles. The number of carbonyl (C=O) groups is 3. The Hall–Kier alpha value is -2.22. The van der Waals surface area contributed by atoms with Gasteiger partial charge in [0.05, 0.1) is 16.9 Å². The Balaban J connectivity index is 1.70. The van der Waals surface area contributed by atoms with Crippen molar-refractivity contribution < 1.29 is 19.5 Å². The highest BCUT2D eigenvalue weighted by atomic mass is 32.2. The standard InChI is InChI=1S/C17H21N3O4S/c18-14(21)9-25-13-6-2-1-5-12(13)19-16(24)20-8-11-4-3-7-17(11,10-20)15(22)23/h1-2,5-6,11H,3-4,7-10H2,(H2,18,21)(H,19,24)(H,22,23)/t11-,17+/m0/s1. The fraction of sp³-hybridized carbons (Fsp3) is 0.471. The van der Waals surface area contributed by atoms with Crippen LogP contribution in [-0.2, 0) is 9.59 Å². The number of amides is 3. The van der Waals surface area contributed by atoms with Gasteiger partial charge in [-0.15, -0.1) is 11.8 Å². The van der Waals surface area contributed by atoms with Gasteiger partial charge in [-0.3, -0.25) is 9.59 Å². The van der Waals surface area contributed by atoms with E-state index in [0.29, 0.717) is 18.7 Å². The molecule has 3 amide bonds. The molecule has 8 heteroatoms. The molecule has 1 heterocycles. The van der Waals surface area contributed by atoms with E-state index in [9.17, 15) is 19.5 Å². The van der Waals surface area contributed by atoms with Crippen molar-refractivity contribution in [2.45, 2.75) is 24.2 Å². The van der Waals surface area contributed by atoms with E-state index < -0.39 is 17.3 Å². The average Bonchev–Trinajstić information content (AvgIpc) is 3.12. The van der Waals surface area contributed by atoms with Crippen molar-refractivity contribution in [1.82, 2.24) is 4.90 Å². The van der Waals surface area contributed by atoms with Gasteiger partial charge in [0.2, 0.25) is 5.91 Å². The fourth-order valence-electron chi connectivity index (χ4n) is 3.83. The van der Waals surface area contributed by atoms with Crippen LogP contribution in [0.2, 0.25) is 0 Å². The van der Waals surface area contributed by atoms with Gasteiger partial charge in [-0.25, -0.2) is 4.79 Å². The van der Waals surface area contributed by atoms with Gasteiger partial charge in [0, 0.05) is 18.0 Å². The molecule has 1 aliphatic carbocycles. The number of carbonyl (C=O) groups excluding carboxylic acids is 2. The lowest BCUT2D eigenvalue weighted by molar-refractivity contribution is -0.149. The predicted octanol–water partition coefficient (Wildman–Crippen LogP) is 1.98. The molecule has 1 aliphatic heterocycles. The number of aliphatic carboxylic acids is 1. The molecular formula is C17H21N3O4S. The molecule has 134 valence electrons. The summed E-state index contributed by atoms with van der Waals surface area (Å²) in [4.78, 5) is 37.7. The van der Waals surface area contributed by atoms with Crippen molar-refractivity contribution in [2.24, 2.45) is 17.1 Å². The number of hydrogen-bond acceptors (Lipinski definition) is 4. The quantitative estimate of drug-likeness (QED) is 0.693. The van der Waals surface area contributed by atoms with Crippen molar-refractivity contribution in [3.8, 4) is 0 Å². The first kappa shape index (κ1) is 17.6. The predicted molar refractivity (Wildman–Crippen MR) is 94.4 cm³/mol. The summed E-state index contributed by atoms with van der Waals surface area (Å²) in [5, 5.41) is 12.5. The summed E-state index contributed by atoms with van der Waals surface area (Å²) in [6, 6.07) is 6.87. The number of urea groups is 1. The zero-order valence-corrected chi connectivity index (χ0v) is 14.6. The van der Waals surface area contributed by atoms with E-state index in [1.807, 2.05) is 6.07 Å². The minimum Gasteiger partial charge on any atom is -0.481 e. The Morgan fingerprint density at radius 3 is 2.80 bits per heavy atom. The van der Waals surface area contributed by atoms with Crippen LogP contribution in [-0.4, -0.2) is 46.8 Å². The lowest BCUT2D eigenvalue weighted by Crippen LogP contribution is -2.38. The first-order chi connectivity index (χ1) is 11.9. The van der Waals surface area contributed by atoms with Crippen LogP contribution >= 0.6 is 11.8 Å². The third-order valence-electron chi connectivity index (χ3n) is 5.08. The van der Waals surface area contributed by atoms with Gasteiger partial charge in [-0.1, -0.05) is 18.6 Å². The Kier molecular flexibility index (Phi) is 4.89. The number of benzene rings is 1. The highest BCUT2D eigenvalue weighted by Gasteiger charge is 2.55. The number of nitrogens with two attached hydrogens (primary N) is 1. The van der Waals surface area contributed by atoms with Crippen LogP contribution in [0, 0.1) is 11.3 Å². The summed E-state index contributed by atoms with van der Waals surface area (Å²) in [6.07, 6.45) is 2.38. The van der Waals surface area contributed by atoms with Gasteiger partial charge in [-0.05, 0) is 30.9 Å². The maximum absolute atomic E-state index is 12.6. The second-order valence-corrected chi connectivity index (χ2v) is 7.63. The number of fused-ring (bicyclic) bond motifs is 1. The van der Waals surface area contributed by atoms with Crippen LogP contribution in [0.25, 0.3) is 0 Å². The molecule has 2 aliphatic rings. The van der Waals surface area contributed by atoms with E-state index >= 15 is 0 Å². The maximum atomic E-state index is 12.6. The van der Waals surface area contributed by atoms with E-state index in [2.05, 4.69) is 5.32 Å². The van der Waals surface area contributed by atoms with E-state index in [1.165, 1.54) is 11.8 Å². The zero-order chi connectivity index (χ0) is 18.0. The van der Waals surface area contributed by atoms with Gasteiger partial charge >= 0.3 is 12.0 Å². The highest BCUT2D eigenvalue weighted by Crippen LogP contribution is 2.49. The lowest BCUT2D eigenvalue weighted by Gasteiger charge is -2.23. The normalized spacial score (nSPS) is 24.8. The van der Waals surface area contributed by atoms with Crippen molar-refractivity contribution in [3.05, 3.63) is 24.3 Å². The van der Waals surface area contributed by atoms with Gasteiger partial charge in [0.1, 0.15) is 0 Å². The van der Waals surface area contributed by atoms with Crippen LogP contribution in [0.1, 0.15) is 19.3 Å². The summed E-state index contributed by atoms with van der Waals surface area (Å²) < 4.78 is 0. The molecular weight excluding hydrogens is 342 g/mol. The van der Waals surface area contributed by atoms with Crippen LogP contribution in [0.5, 0.6) is 0 Å². The number of nitrogens with one attached hydrogen (secondary N) is 1. The second-order valence-electron chi connectivity index (χ2n) is 6.61. The molecule has 0 spiro atoms. The van der Waals surface area contributed by atoms with Crippen molar-refractivity contribution >= 4 is 35.4 Å². The van der Waals surface area contributed by atoms with Gasteiger partial charge in [-0.2, -0.15) is 0 Å². The Morgan fingerprint density at radius 2 is 2.12 bits per heavy atom. The second kappa shape index (κ2) is 6.95. The van der Waals surface area contributed by atoms with Crippen molar-refractivity contribution in [1.29, 1.82) is 0 Å². The smallest absolute Gasteiger partial charge is 0.321 e. The molecule has 1 saturated carbocycles. The number of carboxylic acid groups (broad SMARTS) is 1. The van der Waals surface area contributed by atoms with Crippen LogP contribution in [0.4, 0.5) is 10.5 Å². The third-order valence-corrected chi connectivity index (χ3v) is 6.18. The first-order valence-corrected chi connectivity index (χ1v) is 9.20. The van der Waals surface area contributed by atoms with E-state index in [0.717, 1.165) is 17.7 Å². The largest absolute Gasteiger partial charge is 0.481 e. The number of primary amides is 1. The maximum Gasteiger partial charge on any atom is 0.321 e. The van der Waals surface area contributed by atoms with E-state index in [4.69, 9.17) is 5.73 Å². The minimum atomic E-state index is -0.803. The Bertz CT molecular complexity index is 711. The fourth-order valence-corrected chi connectivity index (χ4v) is 4.58. The highest BCUT2D eigenvalue weighted by molar-refractivity contribution is 8.00. The van der Waals surface area contributed by atoms with Gasteiger partial charge < -0.3 is 21.1 Å². The summed E-state index contributed by atoms with van der Waals surface area (Å²) >= 11 is 1.26. The molecule has 2 fully saturated rings. The molecule has 4 N–H and O–H groups in total. The summed E-state index contributed by atoms with van der Waals surface area (Å²) in [5.74, 6) is -1.08. The van der Waals surface area contributed by atoms with Crippen LogP contribution in [0.3, 0.4) is 0 Å². The summed E-state index contributed by atoms with van der Waals surface area (Å²) in [7, 11) is 0. The molecule has 25 heavy (non-hydrogen) atoms. The molecule has 0 radical (unpaired) electrons. The number of carboxylic acids is 1. The molecule has 0 aromatic heterocycles. The zero-order valence-electron chi connectivity index (χ0n) is 13.7. The summed E-state index contributed by atoms with van der Waals surface area (Å²) in [5.41, 5.74) is 4.98. The summed E-state index contributed by atoms with van der Waals surface area (Å²) in [6.45, 7) is 0.712.